The number of benzene rings is 1. The highest BCUT2D eigenvalue weighted by Crippen LogP contribution is 2.33. The number of hydrogen-bond donors (Lipinski definition) is 1. The largest absolute Gasteiger partial charge is 0.339 e. The van der Waals surface area contributed by atoms with Crippen molar-refractivity contribution in [3.8, 4) is 0 Å². The summed E-state index contributed by atoms with van der Waals surface area (Å²) in [5.74, 6) is 1.36. The van der Waals surface area contributed by atoms with Crippen LogP contribution in [0.3, 0.4) is 0 Å². The van der Waals surface area contributed by atoms with Crippen molar-refractivity contribution in [2.24, 2.45) is 0 Å². The summed E-state index contributed by atoms with van der Waals surface area (Å²) in [6.07, 6.45) is 4.97. The molecule has 0 bridgehead atoms. The van der Waals surface area contributed by atoms with E-state index in [1.165, 1.54) is 12.8 Å². The quantitative estimate of drug-likeness (QED) is 0.906. The third-order valence-electron chi connectivity index (χ3n) is 5.08. The fourth-order valence-electron chi connectivity index (χ4n) is 3.44. The Balaban J connectivity index is 1.30. The zero-order valence-corrected chi connectivity index (χ0v) is 14.6. The molecule has 2 fully saturated rings. The number of nitrogens with one attached hydrogen (secondary N) is 1. The number of piperidine rings is 1. The van der Waals surface area contributed by atoms with Crippen molar-refractivity contribution in [1.82, 2.24) is 15.0 Å². The standard InChI is InChI=1S/C19H24N4O2/c1-13-2-4-15(5-3-13)20-18(24)12-17-21-19(25-22-17)14-8-10-23(11-9-14)16-6-7-16/h2-5,14,16H,6-12H2,1H3,(H,20,24). The normalized spacial score (nSPS) is 19.1. The summed E-state index contributed by atoms with van der Waals surface area (Å²) in [6.45, 7) is 4.24. The first-order valence-electron chi connectivity index (χ1n) is 9.10. The third kappa shape index (κ3) is 4.07. The molecule has 0 unspecified atom stereocenters. The highest BCUT2D eigenvalue weighted by Gasteiger charge is 2.33. The van der Waals surface area contributed by atoms with Crippen LogP contribution >= 0.6 is 0 Å². The molecule has 6 heteroatoms. The van der Waals surface area contributed by atoms with Crippen LogP contribution in [-0.2, 0) is 11.2 Å². The topological polar surface area (TPSA) is 71.3 Å². The molecular weight excluding hydrogens is 316 g/mol. The molecule has 2 aromatic rings. The summed E-state index contributed by atoms with van der Waals surface area (Å²) in [5, 5.41) is 6.86. The molecule has 4 rings (SSSR count). The van der Waals surface area contributed by atoms with Gasteiger partial charge in [0.05, 0.1) is 6.42 Å². The van der Waals surface area contributed by atoms with E-state index in [0.717, 1.165) is 43.2 Å². The maximum atomic E-state index is 12.1. The van der Waals surface area contributed by atoms with Crippen LogP contribution in [0.25, 0.3) is 0 Å². The van der Waals surface area contributed by atoms with Gasteiger partial charge in [-0.25, -0.2) is 0 Å². The van der Waals surface area contributed by atoms with Crippen molar-refractivity contribution in [2.45, 2.75) is 51.0 Å². The summed E-state index contributed by atoms with van der Waals surface area (Å²) in [4.78, 5) is 19.2. The minimum absolute atomic E-state index is 0.125. The van der Waals surface area contributed by atoms with Crippen molar-refractivity contribution in [3.05, 3.63) is 41.5 Å². The van der Waals surface area contributed by atoms with Crippen LogP contribution in [0, 0.1) is 6.92 Å². The van der Waals surface area contributed by atoms with Gasteiger partial charge in [-0.05, 0) is 57.8 Å². The zero-order chi connectivity index (χ0) is 17.2. The van der Waals surface area contributed by atoms with Gasteiger partial charge in [-0.15, -0.1) is 0 Å². The Morgan fingerprint density at radius 1 is 1.20 bits per heavy atom. The lowest BCUT2D eigenvalue weighted by molar-refractivity contribution is -0.115. The molecule has 132 valence electrons. The highest BCUT2D eigenvalue weighted by atomic mass is 16.5. The van der Waals surface area contributed by atoms with Crippen LogP contribution in [0.2, 0.25) is 0 Å². The second-order valence-electron chi connectivity index (χ2n) is 7.18. The van der Waals surface area contributed by atoms with E-state index in [1.54, 1.807) is 0 Å². The number of aromatic nitrogens is 2. The second kappa shape index (κ2) is 6.96. The first kappa shape index (κ1) is 16.3. The molecule has 1 aliphatic carbocycles. The van der Waals surface area contributed by atoms with Gasteiger partial charge in [0.15, 0.2) is 5.82 Å². The van der Waals surface area contributed by atoms with E-state index >= 15 is 0 Å². The van der Waals surface area contributed by atoms with E-state index in [1.807, 2.05) is 31.2 Å². The van der Waals surface area contributed by atoms with Gasteiger partial charge in [0.2, 0.25) is 11.8 Å². The molecule has 25 heavy (non-hydrogen) atoms. The van der Waals surface area contributed by atoms with Crippen LogP contribution < -0.4 is 5.32 Å². The first-order chi connectivity index (χ1) is 12.2. The van der Waals surface area contributed by atoms with Crippen molar-refractivity contribution < 1.29 is 9.32 Å². The Labute approximate surface area is 147 Å². The lowest BCUT2D eigenvalue weighted by Crippen LogP contribution is -2.34. The third-order valence-corrected chi connectivity index (χ3v) is 5.08. The van der Waals surface area contributed by atoms with Crippen molar-refractivity contribution in [2.75, 3.05) is 18.4 Å². The Kier molecular flexibility index (Phi) is 4.53. The minimum Gasteiger partial charge on any atom is -0.339 e. The van der Waals surface area contributed by atoms with E-state index in [4.69, 9.17) is 4.52 Å². The smallest absolute Gasteiger partial charge is 0.232 e. The fraction of sp³-hybridized carbons (Fsp3) is 0.526. The molecule has 0 spiro atoms. The monoisotopic (exact) mass is 340 g/mol. The predicted molar refractivity (Wildman–Crippen MR) is 94.4 cm³/mol. The molecule has 1 saturated carbocycles. The van der Waals surface area contributed by atoms with Gasteiger partial charge in [-0.2, -0.15) is 4.98 Å². The van der Waals surface area contributed by atoms with Crippen molar-refractivity contribution in [1.29, 1.82) is 0 Å². The number of nitrogens with zero attached hydrogens (tertiary/aromatic N) is 3. The second-order valence-corrected chi connectivity index (χ2v) is 7.18. The Morgan fingerprint density at radius 3 is 2.60 bits per heavy atom. The average Bonchev–Trinajstić information content (AvgIpc) is 3.37. The maximum Gasteiger partial charge on any atom is 0.232 e. The summed E-state index contributed by atoms with van der Waals surface area (Å²) in [6, 6.07) is 8.54. The first-order valence-corrected chi connectivity index (χ1v) is 9.10. The molecule has 1 saturated heterocycles. The predicted octanol–water partition coefficient (Wildman–Crippen LogP) is 2.90. The molecule has 2 heterocycles. The Hall–Kier alpha value is -2.21. The summed E-state index contributed by atoms with van der Waals surface area (Å²) in [7, 11) is 0. The summed E-state index contributed by atoms with van der Waals surface area (Å²) >= 11 is 0. The van der Waals surface area contributed by atoms with Gasteiger partial charge in [-0.1, -0.05) is 22.9 Å². The van der Waals surface area contributed by atoms with E-state index < -0.39 is 0 Å². The van der Waals surface area contributed by atoms with Gasteiger partial charge >= 0.3 is 0 Å². The number of carbonyl (C=O) groups excluding carboxylic acids is 1. The molecule has 2 aliphatic rings. The number of rotatable bonds is 5. The number of hydrogen-bond acceptors (Lipinski definition) is 5. The number of anilines is 1. The molecule has 0 radical (unpaired) electrons. The number of carbonyl (C=O) groups is 1. The van der Waals surface area contributed by atoms with Crippen LogP contribution in [0.1, 0.15) is 48.9 Å². The average molecular weight is 340 g/mol. The van der Waals surface area contributed by atoms with Crippen LogP contribution in [0.15, 0.2) is 28.8 Å². The van der Waals surface area contributed by atoms with Gasteiger partial charge in [-0.3, -0.25) is 4.79 Å². The molecule has 6 nitrogen and oxygen atoms in total. The number of amides is 1. The van der Waals surface area contributed by atoms with E-state index in [9.17, 15) is 4.79 Å². The number of likely N-dealkylation sites (tertiary alicyclic amines) is 1. The molecule has 1 aromatic carbocycles. The summed E-state index contributed by atoms with van der Waals surface area (Å²) in [5.41, 5.74) is 1.94. The molecule has 1 aliphatic heterocycles. The van der Waals surface area contributed by atoms with Crippen LogP contribution in [-0.4, -0.2) is 40.1 Å². The summed E-state index contributed by atoms with van der Waals surface area (Å²) < 4.78 is 5.42. The van der Waals surface area contributed by atoms with E-state index in [0.29, 0.717) is 17.6 Å². The number of aryl methyl sites for hydroxylation is 1. The minimum atomic E-state index is -0.125. The van der Waals surface area contributed by atoms with Gasteiger partial charge < -0.3 is 14.7 Å². The fourth-order valence-corrected chi connectivity index (χ4v) is 3.44. The lowest BCUT2D eigenvalue weighted by Gasteiger charge is -2.30. The van der Waals surface area contributed by atoms with Crippen LogP contribution in [0.4, 0.5) is 5.69 Å². The van der Waals surface area contributed by atoms with E-state index in [-0.39, 0.29) is 12.3 Å². The zero-order valence-electron chi connectivity index (χ0n) is 14.6. The molecule has 1 N–H and O–H groups in total. The molecule has 0 atom stereocenters. The van der Waals surface area contributed by atoms with Crippen molar-refractivity contribution in [3.63, 3.8) is 0 Å². The van der Waals surface area contributed by atoms with Crippen molar-refractivity contribution >= 4 is 11.6 Å². The van der Waals surface area contributed by atoms with Gasteiger partial charge in [0.1, 0.15) is 0 Å². The molecule has 1 aromatic heterocycles. The Bertz CT molecular complexity index is 728. The molecular formula is C19H24N4O2. The molecule has 1 amide bonds. The lowest BCUT2D eigenvalue weighted by atomic mass is 9.96. The maximum absolute atomic E-state index is 12.1. The van der Waals surface area contributed by atoms with Gasteiger partial charge in [0.25, 0.3) is 0 Å². The van der Waals surface area contributed by atoms with Gasteiger partial charge in [0, 0.05) is 17.6 Å². The highest BCUT2D eigenvalue weighted by molar-refractivity contribution is 5.91. The Morgan fingerprint density at radius 2 is 1.92 bits per heavy atom. The SMILES string of the molecule is Cc1ccc(NC(=O)Cc2noc(C3CCN(C4CC4)CC3)n2)cc1. The van der Waals surface area contributed by atoms with E-state index in [2.05, 4.69) is 20.4 Å². The van der Waals surface area contributed by atoms with Crippen LogP contribution in [0.5, 0.6) is 0 Å².